The van der Waals surface area contributed by atoms with Crippen LogP contribution in [0.25, 0.3) is 11.3 Å². The predicted molar refractivity (Wildman–Crippen MR) is 107 cm³/mol. The second-order valence-electron chi connectivity index (χ2n) is 5.82. The van der Waals surface area contributed by atoms with Gasteiger partial charge in [-0.15, -0.1) is 11.8 Å². The van der Waals surface area contributed by atoms with Crippen molar-refractivity contribution in [3.63, 3.8) is 0 Å². The minimum Gasteiger partial charge on any atom is -0.359 e. The van der Waals surface area contributed by atoms with E-state index in [2.05, 4.69) is 16.6 Å². The number of carbonyl (C=O) groups is 1. The van der Waals surface area contributed by atoms with Gasteiger partial charge in [0.25, 0.3) is 0 Å². The number of hydrogen-bond donors (Lipinski definition) is 1. The van der Waals surface area contributed by atoms with Gasteiger partial charge in [0.15, 0.2) is 5.50 Å². The average Bonchev–Trinajstić information content (AvgIpc) is 3.03. The van der Waals surface area contributed by atoms with Gasteiger partial charge in [-0.2, -0.15) is 0 Å². The van der Waals surface area contributed by atoms with Crippen molar-refractivity contribution in [1.29, 1.82) is 0 Å². The van der Waals surface area contributed by atoms with E-state index in [1.807, 2.05) is 56.4 Å². The van der Waals surface area contributed by atoms with Crippen molar-refractivity contribution in [2.45, 2.75) is 18.8 Å². The Morgan fingerprint density at radius 3 is 2.64 bits per heavy atom. The van der Waals surface area contributed by atoms with E-state index in [9.17, 15) is 4.79 Å². The van der Waals surface area contributed by atoms with Crippen molar-refractivity contribution >= 4 is 29.4 Å². The summed E-state index contributed by atoms with van der Waals surface area (Å²) in [5, 5.41) is 3.37. The minimum absolute atomic E-state index is 0.0252. The summed E-state index contributed by atoms with van der Waals surface area (Å²) in [6, 6.07) is 13.9. The molecule has 0 saturated carbocycles. The maximum absolute atomic E-state index is 12.6. The fourth-order valence-corrected chi connectivity index (χ4v) is 4.57. The van der Waals surface area contributed by atoms with E-state index < -0.39 is 0 Å². The molecule has 1 aliphatic rings. The highest BCUT2D eigenvalue weighted by atomic mass is 32.2. The molecule has 2 heterocycles. The van der Waals surface area contributed by atoms with Gasteiger partial charge in [0.05, 0.1) is 16.4 Å². The van der Waals surface area contributed by atoms with Crippen molar-refractivity contribution in [3.8, 4) is 11.3 Å². The van der Waals surface area contributed by atoms with Crippen LogP contribution >= 0.6 is 23.5 Å². The summed E-state index contributed by atoms with van der Waals surface area (Å²) < 4.78 is 1.24. The first kappa shape index (κ1) is 17.9. The van der Waals surface area contributed by atoms with Crippen molar-refractivity contribution in [1.82, 2.24) is 15.2 Å². The molecular weight excluding hydrogens is 350 g/mol. The highest BCUT2D eigenvalue weighted by Crippen LogP contribution is 2.38. The summed E-state index contributed by atoms with van der Waals surface area (Å²) >= 11 is 3.41. The van der Waals surface area contributed by atoms with E-state index in [0.717, 1.165) is 22.5 Å². The Bertz CT molecular complexity index is 775. The predicted octanol–water partition coefficient (Wildman–Crippen LogP) is 3.92. The lowest BCUT2D eigenvalue weighted by Gasteiger charge is -2.25. The Morgan fingerprint density at radius 2 is 2.04 bits per heavy atom. The molecule has 1 unspecified atom stereocenters. The van der Waals surface area contributed by atoms with Crippen LogP contribution in [-0.2, 0) is 11.2 Å². The molecule has 1 amide bonds. The van der Waals surface area contributed by atoms with Crippen LogP contribution in [0.1, 0.15) is 12.5 Å². The Balaban J connectivity index is 1.62. The third-order valence-corrected chi connectivity index (χ3v) is 6.71. The maximum Gasteiger partial charge on any atom is 0.229 e. The van der Waals surface area contributed by atoms with Crippen molar-refractivity contribution in [3.05, 3.63) is 64.2 Å². The number of pyridine rings is 1. The van der Waals surface area contributed by atoms with Gasteiger partial charge in [-0.3, -0.25) is 9.78 Å². The van der Waals surface area contributed by atoms with Gasteiger partial charge in [0, 0.05) is 24.5 Å². The normalized spacial score (nSPS) is 16.7. The van der Waals surface area contributed by atoms with Crippen LogP contribution in [-0.4, -0.2) is 34.6 Å². The van der Waals surface area contributed by atoms with Gasteiger partial charge < -0.3 is 10.2 Å². The number of aromatic nitrogens is 1. The first-order valence-corrected chi connectivity index (χ1v) is 10.1. The van der Waals surface area contributed by atoms with Crippen LogP contribution in [0.5, 0.6) is 0 Å². The molecule has 0 fully saturated rings. The molecule has 4 nitrogen and oxygen atoms in total. The van der Waals surface area contributed by atoms with Crippen LogP contribution in [0.4, 0.5) is 0 Å². The molecule has 1 aromatic carbocycles. The summed E-state index contributed by atoms with van der Waals surface area (Å²) in [5.74, 6) is 0.103. The molecule has 0 bridgehead atoms. The molecule has 0 spiro atoms. The average molecular weight is 372 g/mol. The number of nitrogens with zero attached hydrogens (tertiary/aromatic N) is 2. The van der Waals surface area contributed by atoms with Gasteiger partial charge in [0.2, 0.25) is 5.91 Å². The number of benzene rings is 1. The smallest absolute Gasteiger partial charge is 0.229 e. The fourth-order valence-electron chi connectivity index (χ4n) is 2.60. The highest BCUT2D eigenvalue weighted by Gasteiger charge is 2.27. The monoisotopic (exact) mass is 371 g/mol. The largest absolute Gasteiger partial charge is 0.359 e. The lowest BCUT2D eigenvalue weighted by Crippen LogP contribution is -2.42. The Hall–Kier alpha value is -1.92. The van der Waals surface area contributed by atoms with E-state index in [0.29, 0.717) is 6.42 Å². The molecule has 130 valence electrons. The molecule has 1 aromatic heterocycles. The molecule has 2 aromatic rings. The number of allylic oxidation sites excluding steroid dienone is 1. The van der Waals surface area contributed by atoms with Crippen LogP contribution in [0, 0.1) is 0 Å². The van der Waals surface area contributed by atoms with Gasteiger partial charge in [0.1, 0.15) is 0 Å². The molecule has 25 heavy (non-hydrogen) atoms. The number of likely N-dealkylation sites (N-methyl/N-ethyl adjacent to an activating group) is 1. The van der Waals surface area contributed by atoms with Crippen molar-refractivity contribution < 1.29 is 4.79 Å². The van der Waals surface area contributed by atoms with Gasteiger partial charge in [-0.1, -0.05) is 42.1 Å². The van der Waals surface area contributed by atoms with Gasteiger partial charge in [-0.05, 0) is 30.9 Å². The summed E-state index contributed by atoms with van der Waals surface area (Å²) in [4.78, 5) is 18.7. The molecule has 3 rings (SSSR count). The number of amides is 1. The Kier molecular flexibility index (Phi) is 5.71. The number of carbonyl (C=O) groups excluding carboxylic acids is 1. The molecule has 1 atom stereocenters. The van der Waals surface area contributed by atoms with Crippen LogP contribution in [0.3, 0.4) is 0 Å². The van der Waals surface area contributed by atoms with Gasteiger partial charge >= 0.3 is 0 Å². The molecule has 1 N–H and O–H groups in total. The van der Waals surface area contributed by atoms with Crippen molar-refractivity contribution in [2.24, 2.45) is 0 Å². The SMILES string of the molecule is CSC1=C(C)NC(N(C)C(=O)Cc2ccc(-c3ccccn3)cc2)S1. The van der Waals surface area contributed by atoms with Crippen molar-refractivity contribution in [2.75, 3.05) is 13.3 Å². The minimum atomic E-state index is -0.0252. The van der Waals surface area contributed by atoms with E-state index in [-0.39, 0.29) is 11.4 Å². The second kappa shape index (κ2) is 7.97. The Morgan fingerprint density at radius 1 is 1.28 bits per heavy atom. The van der Waals surface area contributed by atoms with E-state index in [4.69, 9.17) is 0 Å². The maximum atomic E-state index is 12.6. The molecule has 0 radical (unpaired) electrons. The lowest BCUT2D eigenvalue weighted by atomic mass is 10.1. The molecular formula is C19H21N3OS2. The number of hydrogen-bond acceptors (Lipinski definition) is 5. The summed E-state index contributed by atoms with van der Waals surface area (Å²) in [7, 11) is 1.85. The molecule has 6 heteroatoms. The van der Waals surface area contributed by atoms with Crippen LogP contribution in [0.15, 0.2) is 58.6 Å². The molecule has 0 saturated heterocycles. The van der Waals surface area contributed by atoms with E-state index >= 15 is 0 Å². The number of thioether (sulfide) groups is 2. The Labute approximate surface area is 157 Å². The quantitative estimate of drug-likeness (QED) is 0.863. The fraction of sp³-hybridized carbons (Fsp3) is 0.263. The van der Waals surface area contributed by atoms with E-state index in [1.54, 1.807) is 34.6 Å². The van der Waals surface area contributed by atoms with E-state index in [1.165, 1.54) is 4.24 Å². The lowest BCUT2D eigenvalue weighted by molar-refractivity contribution is -0.130. The zero-order chi connectivity index (χ0) is 17.8. The second-order valence-corrected chi connectivity index (χ2v) is 7.99. The standard InChI is InChI=1S/C19H21N3OS2/c1-13-18(24-3)25-19(21-13)22(2)17(23)12-14-7-9-15(10-8-14)16-6-4-5-11-20-16/h4-11,19,21H,12H2,1-3H3. The first-order valence-electron chi connectivity index (χ1n) is 8.02. The molecule has 0 aliphatic carbocycles. The highest BCUT2D eigenvalue weighted by molar-refractivity contribution is 8.22. The summed E-state index contributed by atoms with van der Waals surface area (Å²) in [6.45, 7) is 2.05. The summed E-state index contributed by atoms with van der Waals surface area (Å²) in [5.41, 5.74) is 4.12. The zero-order valence-electron chi connectivity index (χ0n) is 14.5. The first-order chi connectivity index (χ1) is 12.1. The topological polar surface area (TPSA) is 45.2 Å². The third-order valence-electron chi connectivity index (χ3n) is 4.07. The van der Waals surface area contributed by atoms with Crippen LogP contribution in [0.2, 0.25) is 0 Å². The zero-order valence-corrected chi connectivity index (χ0v) is 16.2. The molecule has 1 aliphatic heterocycles. The number of nitrogens with one attached hydrogen (secondary N) is 1. The third kappa shape index (κ3) is 4.19. The van der Waals surface area contributed by atoms with Gasteiger partial charge in [-0.25, -0.2) is 0 Å². The summed E-state index contributed by atoms with van der Waals surface area (Å²) in [6.07, 6.45) is 4.24. The van der Waals surface area contributed by atoms with Crippen LogP contribution < -0.4 is 5.32 Å². The number of rotatable bonds is 5.